The fourth-order valence-electron chi connectivity index (χ4n) is 1.23. The van der Waals surface area contributed by atoms with Gasteiger partial charge in [0.05, 0.1) is 13.7 Å². The van der Waals surface area contributed by atoms with Gasteiger partial charge in [-0.1, -0.05) is 12.1 Å². The first kappa shape index (κ1) is 10.6. The van der Waals surface area contributed by atoms with Crippen molar-refractivity contribution in [2.45, 2.75) is 6.42 Å². The lowest BCUT2D eigenvalue weighted by atomic mass is 10.1. The minimum atomic E-state index is 0.400. The molecule has 0 aliphatic heterocycles. The van der Waals surface area contributed by atoms with E-state index in [0.29, 0.717) is 6.61 Å². The van der Waals surface area contributed by atoms with Crippen molar-refractivity contribution in [3.63, 3.8) is 0 Å². The largest absolute Gasteiger partial charge is 0.493 e. The van der Waals surface area contributed by atoms with Gasteiger partial charge in [0.25, 0.3) is 0 Å². The molecule has 0 atom stereocenters. The van der Waals surface area contributed by atoms with Crippen LogP contribution in [-0.4, -0.2) is 13.7 Å². The first-order chi connectivity index (χ1) is 6.81. The van der Waals surface area contributed by atoms with Crippen molar-refractivity contribution < 1.29 is 9.47 Å². The molecule has 0 saturated carbocycles. The molecule has 1 aromatic rings. The van der Waals surface area contributed by atoms with E-state index in [9.17, 15) is 0 Å². The molecule has 1 aromatic carbocycles. The first-order valence-corrected chi connectivity index (χ1v) is 4.51. The molecule has 0 saturated heterocycles. The molecule has 0 bridgehead atoms. The molecular formula is C12H15O2. The molecule has 0 fully saturated rings. The van der Waals surface area contributed by atoms with Gasteiger partial charge in [0.2, 0.25) is 0 Å². The number of methoxy groups -OCH3 is 1. The van der Waals surface area contributed by atoms with Gasteiger partial charge in [-0.3, -0.25) is 0 Å². The Bertz CT molecular complexity index is 305. The minimum absolute atomic E-state index is 0.400. The first-order valence-electron chi connectivity index (χ1n) is 4.51. The molecule has 14 heavy (non-hydrogen) atoms. The van der Waals surface area contributed by atoms with E-state index < -0.39 is 0 Å². The van der Waals surface area contributed by atoms with Gasteiger partial charge in [0, 0.05) is 0 Å². The summed E-state index contributed by atoms with van der Waals surface area (Å²) in [5.74, 6) is 1.48. The third kappa shape index (κ3) is 2.52. The number of hydrogen-bond donors (Lipinski definition) is 0. The summed E-state index contributed by atoms with van der Waals surface area (Å²) in [7, 11) is 1.63. The standard InChI is InChI=1S/C12H15O2/c1-4-6-10-7-8-11(14-5-2)12(9-10)13-3/h4,7-9H,1-2,5-6H2,3H3. The number of benzene rings is 1. The van der Waals surface area contributed by atoms with Gasteiger partial charge in [-0.25, -0.2) is 0 Å². The van der Waals surface area contributed by atoms with Gasteiger partial charge in [-0.05, 0) is 31.0 Å². The van der Waals surface area contributed by atoms with E-state index in [1.165, 1.54) is 0 Å². The average Bonchev–Trinajstić information content (AvgIpc) is 2.21. The average molecular weight is 191 g/mol. The molecule has 0 aromatic heterocycles. The number of allylic oxidation sites excluding steroid dienone is 1. The SMILES string of the molecule is [CH2]COc1ccc(CC=C)cc1OC. The Labute approximate surface area is 85.2 Å². The number of ether oxygens (including phenoxy) is 2. The maximum Gasteiger partial charge on any atom is 0.161 e. The van der Waals surface area contributed by atoms with Gasteiger partial charge >= 0.3 is 0 Å². The van der Waals surface area contributed by atoms with Crippen molar-refractivity contribution >= 4 is 0 Å². The van der Waals surface area contributed by atoms with E-state index in [1.54, 1.807) is 7.11 Å². The minimum Gasteiger partial charge on any atom is -0.493 e. The summed E-state index contributed by atoms with van der Waals surface area (Å²) in [6.07, 6.45) is 2.69. The molecule has 0 N–H and O–H groups in total. The Balaban J connectivity index is 2.92. The molecule has 0 amide bonds. The second kappa shape index (κ2) is 5.32. The van der Waals surface area contributed by atoms with E-state index in [0.717, 1.165) is 23.5 Å². The van der Waals surface area contributed by atoms with E-state index in [-0.39, 0.29) is 0 Å². The second-order valence-electron chi connectivity index (χ2n) is 2.83. The highest BCUT2D eigenvalue weighted by Crippen LogP contribution is 2.28. The summed E-state index contributed by atoms with van der Waals surface area (Å²) >= 11 is 0. The lowest BCUT2D eigenvalue weighted by molar-refractivity contribution is 0.325. The molecule has 2 nitrogen and oxygen atoms in total. The topological polar surface area (TPSA) is 18.5 Å². The van der Waals surface area contributed by atoms with Crippen molar-refractivity contribution in [3.8, 4) is 11.5 Å². The fourth-order valence-corrected chi connectivity index (χ4v) is 1.23. The third-order valence-corrected chi connectivity index (χ3v) is 1.87. The zero-order valence-corrected chi connectivity index (χ0v) is 8.45. The van der Waals surface area contributed by atoms with Crippen LogP contribution in [0.15, 0.2) is 30.9 Å². The summed E-state index contributed by atoms with van der Waals surface area (Å²) < 4.78 is 10.5. The van der Waals surface area contributed by atoms with Gasteiger partial charge in [0.1, 0.15) is 0 Å². The molecule has 0 spiro atoms. The van der Waals surface area contributed by atoms with E-state index in [1.807, 2.05) is 24.3 Å². The maximum atomic E-state index is 5.30. The van der Waals surface area contributed by atoms with E-state index in [2.05, 4.69) is 13.5 Å². The predicted molar refractivity (Wildman–Crippen MR) is 57.7 cm³/mol. The molecule has 1 radical (unpaired) electrons. The Morgan fingerprint density at radius 3 is 2.71 bits per heavy atom. The van der Waals surface area contributed by atoms with Gasteiger partial charge in [-0.15, -0.1) is 6.58 Å². The number of rotatable bonds is 5. The monoisotopic (exact) mass is 191 g/mol. The number of hydrogen-bond acceptors (Lipinski definition) is 2. The Hall–Kier alpha value is -1.44. The van der Waals surface area contributed by atoms with Crippen LogP contribution >= 0.6 is 0 Å². The van der Waals surface area contributed by atoms with Gasteiger partial charge in [-0.2, -0.15) is 0 Å². The molecule has 0 heterocycles. The highest BCUT2D eigenvalue weighted by molar-refractivity contribution is 5.43. The van der Waals surface area contributed by atoms with Crippen LogP contribution < -0.4 is 9.47 Å². The lowest BCUT2D eigenvalue weighted by Gasteiger charge is -2.09. The van der Waals surface area contributed by atoms with Crippen molar-refractivity contribution in [3.05, 3.63) is 43.3 Å². The van der Waals surface area contributed by atoms with Crippen molar-refractivity contribution in [2.24, 2.45) is 0 Å². The highest BCUT2D eigenvalue weighted by atomic mass is 16.5. The second-order valence-corrected chi connectivity index (χ2v) is 2.83. The van der Waals surface area contributed by atoms with Crippen LogP contribution in [0.5, 0.6) is 11.5 Å². The van der Waals surface area contributed by atoms with Crippen LogP contribution in [0.2, 0.25) is 0 Å². The lowest BCUT2D eigenvalue weighted by Crippen LogP contribution is -1.96. The molecule has 1 rings (SSSR count). The predicted octanol–water partition coefficient (Wildman–Crippen LogP) is 2.64. The van der Waals surface area contributed by atoms with Crippen molar-refractivity contribution in [1.82, 2.24) is 0 Å². The Kier molecular flexibility index (Phi) is 4.05. The summed E-state index contributed by atoms with van der Waals surface area (Å²) in [5, 5.41) is 0. The van der Waals surface area contributed by atoms with Crippen molar-refractivity contribution in [2.75, 3.05) is 13.7 Å². The molecule has 2 heteroatoms. The molecule has 75 valence electrons. The Morgan fingerprint density at radius 2 is 2.14 bits per heavy atom. The van der Waals surface area contributed by atoms with Gasteiger partial charge in [0.15, 0.2) is 11.5 Å². The maximum absolute atomic E-state index is 5.30. The summed E-state index contributed by atoms with van der Waals surface area (Å²) in [5.41, 5.74) is 1.16. The normalized spacial score (nSPS) is 9.57. The van der Waals surface area contributed by atoms with E-state index >= 15 is 0 Å². The third-order valence-electron chi connectivity index (χ3n) is 1.87. The quantitative estimate of drug-likeness (QED) is 0.666. The van der Waals surface area contributed by atoms with E-state index in [4.69, 9.17) is 9.47 Å². The molecule has 0 unspecified atom stereocenters. The van der Waals surface area contributed by atoms with Crippen LogP contribution in [0.25, 0.3) is 0 Å². The molecular weight excluding hydrogens is 176 g/mol. The molecule has 0 aliphatic rings. The van der Waals surface area contributed by atoms with Gasteiger partial charge < -0.3 is 9.47 Å². The highest BCUT2D eigenvalue weighted by Gasteiger charge is 2.03. The summed E-state index contributed by atoms with van der Waals surface area (Å²) in [4.78, 5) is 0. The smallest absolute Gasteiger partial charge is 0.161 e. The fraction of sp³-hybridized carbons (Fsp3) is 0.250. The van der Waals surface area contributed by atoms with Crippen molar-refractivity contribution in [1.29, 1.82) is 0 Å². The Morgan fingerprint density at radius 1 is 1.36 bits per heavy atom. The zero-order chi connectivity index (χ0) is 10.4. The summed E-state index contributed by atoms with van der Waals surface area (Å²) in [6.45, 7) is 7.71. The van der Waals surface area contributed by atoms with Crippen LogP contribution in [0, 0.1) is 6.92 Å². The summed E-state index contributed by atoms with van der Waals surface area (Å²) in [6, 6.07) is 5.84. The van der Waals surface area contributed by atoms with Crippen LogP contribution in [0.4, 0.5) is 0 Å². The van der Waals surface area contributed by atoms with Crippen LogP contribution in [-0.2, 0) is 6.42 Å². The van der Waals surface area contributed by atoms with Crippen LogP contribution in [0.3, 0.4) is 0 Å². The zero-order valence-electron chi connectivity index (χ0n) is 8.45. The molecule has 0 aliphatic carbocycles. The van der Waals surface area contributed by atoms with Crippen LogP contribution in [0.1, 0.15) is 5.56 Å².